The van der Waals surface area contributed by atoms with Gasteiger partial charge in [0.1, 0.15) is 0 Å². The van der Waals surface area contributed by atoms with E-state index in [-0.39, 0.29) is 0 Å². The van der Waals surface area contributed by atoms with E-state index < -0.39 is 0 Å². The van der Waals surface area contributed by atoms with Gasteiger partial charge in [-0.25, -0.2) is 0 Å². The van der Waals surface area contributed by atoms with E-state index in [0.29, 0.717) is 6.04 Å². The van der Waals surface area contributed by atoms with Crippen LogP contribution in [0.5, 0.6) is 0 Å². The number of hydrogen-bond acceptors (Lipinski definition) is 2. The molecular weight excluding hydrogens is 220 g/mol. The van der Waals surface area contributed by atoms with Crippen LogP contribution in [-0.2, 0) is 0 Å². The van der Waals surface area contributed by atoms with Crippen molar-refractivity contribution in [3.05, 3.63) is 0 Å². The maximum atomic E-state index is 5.96. The predicted octanol–water partition coefficient (Wildman–Crippen LogP) is 3.94. The Morgan fingerprint density at radius 3 is 2.06 bits per heavy atom. The van der Waals surface area contributed by atoms with E-state index in [4.69, 9.17) is 5.73 Å². The Morgan fingerprint density at radius 2 is 1.44 bits per heavy atom. The summed E-state index contributed by atoms with van der Waals surface area (Å²) in [5.74, 6) is 0. The molecule has 0 aromatic rings. The molecule has 0 amide bonds. The van der Waals surface area contributed by atoms with Crippen LogP contribution < -0.4 is 5.73 Å². The van der Waals surface area contributed by atoms with Crippen LogP contribution in [0, 0.1) is 0 Å². The summed E-state index contributed by atoms with van der Waals surface area (Å²) >= 11 is 0. The average Bonchev–Trinajstić information content (AvgIpc) is 2.38. The first-order valence-electron chi connectivity index (χ1n) is 8.20. The fourth-order valence-electron chi connectivity index (χ4n) is 3.04. The van der Waals surface area contributed by atoms with Gasteiger partial charge in [0.15, 0.2) is 0 Å². The van der Waals surface area contributed by atoms with Gasteiger partial charge in [-0.2, -0.15) is 0 Å². The van der Waals surface area contributed by atoms with Crippen LogP contribution in [-0.4, -0.2) is 30.6 Å². The molecule has 0 saturated heterocycles. The average molecular weight is 254 g/mol. The van der Waals surface area contributed by atoms with E-state index in [1.54, 1.807) is 0 Å². The molecule has 0 aromatic heterocycles. The molecule has 18 heavy (non-hydrogen) atoms. The van der Waals surface area contributed by atoms with Crippen LogP contribution in [0.1, 0.15) is 77.6 Å². The summed E-state index contributed by atoms with van der Waals surface area (Å²) in [7, 11) is 2.30. The minimum absolute atomic E-state index is 0.480. The molecule has 0 aliphatic heterocycles. The zero-order chi connectivity index (χ0) is 13.2. The van der Waals surface area contributed by atoms with Crippen LogP contribution in [0.2, 0.25) is 0 Å². The number of nitrogens with two attached hydrogens (primary N) is 1. The third kappa shape index (κ3) is 6.75. The summed E-state index contributed by atoms with van der Waals surface area (Å²) in [5, 5.41) is 0. The summed E-state index contributed by atoms with van der Waals surface area (Å²) in [5.41, 5.74) is 5.96. The second-order valence-electron chi connectivity index (χ2n) is 6.17. The van der Waals surface area contributed by atoms with Crippen molar-refractivity contribution < 1.29 is 0 Å². The lowest BCUT2D eigenvalue weighted by molar-refractivity contribution is 0.180. The monoisotopic (exact) mass is 254 g/mol. The highest BCUT2D eigenvalue weighted by molar-refractivity contribution is 4.79. The van der Waals surface area contributed by atoms with Gasteiger partial charge in [0.2, 0.25) is 0 Å². The van der Waals surface area contributed by atoms with Gasteiger partial charge in [0.05, 0.1) is 0 Å². The number of hydrogen-bond donors (Lipinski definition) is 1. The quantitative estimate of drug-likeness (QED) is 0.632. The summed E-state index contributed by atoms with van der Waals surface area (Å²) in [6.07, 6.45) is 15.0. The van der Waals surface area contributed by atoms with E-state index in [2.05, 4.69) is 18.9 Å². The van der Waals surface area contributed by atoms with E-state index in [1.165, 1.54) is 77.2 Å². The van der Waals surface area contributed by atoms with Gasteiger partial charge >= 0.3 is 0 Å². The third-order valence-electron chi connectivity index (χ3n) is 4.48. The van der Waals surface area contributed by atoms with Crippen molar-refractivity contribution in [3.8, 4) is 0 Å². The summed E-state index contributed by atoms with van der Waals surface area (Å²) < 4.78 is 0. The molecule has 1 rings (SSSR count). The van der Waals surface area contributed by atoms with Crippen LogP contribution in [0.15, 0.2) is 0 Å². The van der Waals surface area contributed by atoms with Crippen molar-refractivity contribution in [2.75, 3.05) is 13.6 Å². The van der Waals surface area contributed by atoms with Crippen molar-refractivity contribution in [3.63, 3.8) is 0 Å². The molecule has 0 bridgehead atoms. The Balaban J connectivity index is 1.95. The lowest BCUT2D eigenvalue weighted by Gasteiger charge is -2.33. The van der Waals surface area contributed by atoms with Gasteiger partial charge in [-0.1, -0.05) is 45.4 Å². The Morgan fingerprint density at radius 1 is 0.889 bits per heavy atom. The fraction of sp³-hybridized carbons (Fsp3) is 1.00. The molecule has 0 spiro atoms. The third-order valence-corrected chi connectivity index (χ3v) is 4.48. The summed E-state index contributed by atoms with van der Waals surface area (Å²) in [6.45, 7) is 3.57. The van der Waals surface area contributed by atoms with Gasteiger partial charge in [-0.05, 0) is 45.7 Å². The molecule has 2 heteroatoms. The second kappa shape index (κ2) is 9.80. The Kier molecular flexibility index (Phi) is 8.70. The van der Waals surface area contributed by atoms with Crippen molar-refractivity contribution >= 4 is 0 Å². The van der Waals surface area contributed by atoms with Crippen LogP contribution in [0.25, 0.3) is 0 Å². The zero-order valence-electron chi connectivity index (χ0n) is 12.7. The van der Waals surface area contributed by atoms with Crippen molar-refractivity contribution in [2.24, 2.45) is 5.73 Å². The summed E-state index contributed by atoms with van der Waals surface area (Å²) in [6, 6.07) is 1.29. The molecule has 0 radical (unpaired) electrons. The molecular formula is C16H34N2. The molecule has 2 N–H and O–H groups in total. The highest BCUT2D eigenvalue weighted by Gasteiger charge is 2.21. The van der Waals surface area contributed by atoms with E-state index in [9.17, 15) is 0 Å². The lowest BCUT2D eigenvalue weighted by Crippen LogP contribution is -2.39. The molecule has 1 saturated carbocycles. The first kappa shape index (κ1) is 16.0. The lowest BCUT2D eigenvalue weighted by atomic mass is 9.91. The fourth-order valence-corrected chi connectivity index (χ4v) is 3.04. The van der Waals surface area contributed by atoms with Crippen LogP contribution in [0.4, 0.5) is 0 Å². The van der Waals surface area contributed by atoms with Crippen LogP contribution >= 0.6 is 0 Å². The van der Waals surface area contributed by atoms with E-state index >= 15 is 0 Å². The van der Waals surface area contributed by atoms with Crippen molar-refractivity contribution in [1.82, 2.24) is 4.90 Å². The second-order valence-corrected chi connectivity index (χ2v) is 6.17. The van der Waals surface area contributed by atoms with E-state index in [0.717, 1.165) is 6.04 Å². The molecule has 108 valence electrons. The normalized spacial score (nSPS) is 24.7. The number of nitrogens with zero attached hydrogens (tertiary/aromatic N) is 1. The van der Waals surface area contributed by atoms with Gasteiger partial charge in [0.25, 0.3) is 0 Å². The molecule has 1 fully saturated rings. The van der Waals surface area contributed by atoms with Gasteiger partial charge in [-0.15, -0.1) is 0 Å². The maximum absolute atomic E-state index is 5.96. The van der Waals surface area contributed by atoms with Crippen molar-refractivity contribution in [2.45, 2.75) is 89.6 Å². The largest absolute Gasteiger partial charge is 0.328 e. The number of unbranched alkanes of at least 4 members (excludes halogenated alkanes) is 6. The number of rotatable bonds is 9. The highest BCUT2D eigenvalue weighted by atomic mass is 15.1. The molecule has 0 heterocycles. The first-order valence-corrected chi connectivity index (χ1v) is 8.20. The van der Waals surface area contributed by atoms with E-state index in [1.807, 2.05) is 0 Å². The predicted molar refractivity (Wildman–Crippen MR) is 80.9 cm³/mol. The summed E-state index contributed by atoms with van der Waals surface area (Å²) in [4.78, 5) is 2.58. The topological polar surface area (TPSA) is 29.3 Å². The Labute approximate surface area is 114 Å². The van der Waals surface area contributed by atoms with Gasteiger partial charge in [-0.3, -0.25) is 0 Å². The van der Waals surface area contributed by atoms with Crippen molar-refractivity contribution in [1.29, 1.82) is 0 Å². The molecule has 0 unspecified atom stereocenters. The standard InChI is InChI=1S/C16H34N2/c1-3-4-5-6-7-8-9-14-18(2)16-12-10-15(17)11-13-16/h15-16H,3-14,17H2,1-2H3. The molecule has 1 aliphatic rings. The Hall–Kier alpha value is -0.0800. The van der Waals surface area contributed by atoms with Crippen LogP contribution in [0.3, 0.4) is 0 Å². The SMILES string of the molecule is CCCCCCCCCN(C)C1CCC(N)CC1. The smallest absolute Gasteiger partial charge is 0.00933 e. The minimum atomic E-state index is 0.480. The minimum Gasteiger partial charge on any atom is -0.328 e. The Bertz CT molecular complexity index is 186. The zero-order valence-corrected chi connectivity index (χ0v) is 12.7. The highest BCUT2D eigenvalue weighted by Crippen LogP contribution is 2.21. The molecule has 0 atom stereocenters. The maximum Gasteiger partial charge on any atom is 0.00933 e. The molecule has 1 aliphatic carbocycles. The molecule has 2 nitrogen and oxygen atoms in total. The van der Waals surface area contributed by atoms with Gasteiger partial charge in [0, 0.05) is 12.1 Å². The first-order chi connectivity index (χ1) is 8.74. The van der Waals surface area contributed by atoms with Gasteiger partial charge < -0.3 is 10.6 Å². The molecule has 0 aromatic carbocycles.